The lowest BCUT2D eigenvalue weighted by atomic mass is 10.1. The monoisotopic (exact) mass is 269 g/mol. The second-order valence-corrected chi connectivity index (χ2v) is 4.25. The molecule has 0 bridgehead atoms. The summed E-state index contributed by atoms with van der Waals surface area (Å²) in [7, 11) is 3.61. The van der Waals surface area contributed by atoms with Gasteiger partial charge >= 0.3 is 0 Å². The number of aliphatic imine (C=N–C) groups is 1. The van der Waals surface area contributed by atoms with E-state index in [9.17, 15) is 4.79 Å². The number of nitrogens with zero attached hydrogens (tertiary/aromatic N) is 3. The van der Waals surface area contributed by atoms with Crippen molar-refractivity contribution in [2.24, 2.45) is 4.99 Å². The average molecular weight is 270 g/mol. The molecule has 0 N–H and O–H groups in total. The Morgan fingerprint density at radius 2 is 1.94 bits per heavy atom. The van der Waals surface area contributed by atoms with Crippen LogP contribution < -0.4 is 0 Å². The van der Waals surface area contributed by atoms with E-state index in [0.717, 1.165) is 0 Å². The molecule has 1 rings (SSSR count). The van der Waals surface area contributed by atoms with E-state index >= 15 is 0 Å². The molecule has 0 heterocycles. The van der Waals surface area contributed by atoms with Crippen molar-refractivity contribution in [3.63, 3.8) is 0 Å². The lowest BCUT2D eigenvalue weighted by molar-refractivity contribution is 0.105. The van der Waals surface area contributed by atoms with Gasteiger partial charge in [0.1, 0.15) is 11.8 Å². The first-order valence-electron chi connectivity index (χ1n) is 4.59. The zero-order chi connectivity index (χ0) is 13.0. The Kier molecular flexibility index (Phi) is 4.50. The van der Waals surface area contributed by atoms with E-state index in [1.165, 1.54) is 18.2 Å². The molecule has 0 aromatic heterocycles. The molecule has 0 amide bonds. The second kappa shape index (κ2) is 5.67. The van der Waals surface area contributed by atoms with Crippen molar-refractivity contribution in [1.29, 1.82) is 5.26 Å². The van der Waals surface area contributed by atoms with Gasteiger partial charge in [0.15, 0.2) is 0 Å². The van der Waals surface area contributed by atoms with Crippen molar-refractivity contribution in [2.75, 3.05) is 14.1 Å². The van der Waals surface area contributed by atoms with Gasteiger partial charge in [-0.15, -0.1) is 0 Å². The number of rotatable bonds is 3. The number of hydrogen-bond acceptors (Lipinski definition) is 3. The molecule has 0 aliphatic heterocycles. The number of carbonyl (C=O) groups excluding carboxylic acids is 1. The molecule has 0 aliphatic carbocycles. The number of carbonyl (C=O) groups is 1. The summed E-state index contributed by atoms with van der Waals surface area (Å²) >= 11 is 11.9. The topological polar surface area (TPSA) is 56.5 Å². The van der Waals surface area contributed by atoms with Gasteiger partial charge < -0.3 is 4.90 Å². The second-order valence-electron chi connectivity index (χ2n) is 3.44. The van der Waals surface area contributed by atoms with Crippen LogP contribution in [0.25, 0.3) is 0 Å². The molecule has 17 heavy (non-hydrogen) atoms. The Morgan fingerprint density at radius 1 is 1.41 bits per heavy atom. The van der Waals surface area contributed by atoms with Gasteiger partial charge in [-0.05, 0) is 12.1 Å². The van der Waals surface area contributed by atoms with Crippen LogP contribution in [-0.2, 0) is 0 Å². The maximum atomic E-state index is 11.2. The van der Waals surface area contributed by atoms with Crippen LogP contribution in [0.1, 0.15) is 10.4 Å². The molecule has 0 saturated carbocycles. The fourth-order valence-electron chi connectivity index (χ4n) is 1.06. The smallest absolute Gasteiger partial charge is 0.262 e. The highest BCUT2D eigenvalue weighted by molar-refractivity contribution is 6.39. The molecule has 0 atom stereocenters. The fraction of sp³-hybridized carbons (Fsp3) is 0.182. The minimum atomic E-state index is -0.683. The summed E-state index contributed by atoms with van der Waals surface area (Å²) in [6.07, 6.45) is 1.54. The van der Waals surface area contributed by atoms with E-state index in [-0.39, 0.29) is 15.6 Å². The van der Waals surface area contributed by atoms with E-state index in [0.29, 0.717) is 5.69 Å². The predicted octanol–water partition coefficient (Wildman–Crippen LogP) is 2.92. The summed E-state index contributed by atoms with van der Waals surface area (Å²) in [5, 5.41) is 8.95. The molecule has 0 unspecified atom stereocenters. The van der Waals surface area contributed by atoms with Gasteiger partial charge in [-0.1, -0.05) is 23.2 Å². The van der Waals surface area contributed by atoms with Crippen LogP contribution in [0.5, 0.6) is 0 Å². The van der Waals surface area contributed by atoms with Gasteiger partial charge in [-0.2, -0.15) is 5.26 Å². The lowest BCUT2D eigenvalue weighted by Gasteiger charge is -2.06. The number of nitriles is 1. The van der Waals surface area contributed by atoms with Crippen molar-refractivity contribution in [2.45, 2.75) is 0 Å². The van der Waals surface area contributed by atoms with E-state index in [1.54, 1.807) is 25.3 Å². The third-order valence-corrected chi connectivity index (χ3v) is 2.37. The minimum absolute atomic E-state index is 0.159. The maximum absolute atomic E-state index is 11.2. The summed E-state index contributed by atoms with van der Waals surface area (Å²) in [6, 6.07) is 4.26. The lowest BCUT2D eigenvalue weighted by Crippen LogP contribution is -2.07. The Bertz CT molecular complexity index is 495. The predicted molar refractivity (Wildman–Crippen MR) is 68.2 cm³/mol. The molecule has 1 aromatic carbocycles. The molecule has 0 saturated heterocycles. The maximum Gasteiger partial charge on any atom is 0.262 e. The van der Waals surface area contributed by atoms with Crippen LogP contribution in [0.3, 0.4) is 0 Å². The molecular weight excluding hydrogens is 261 g/mol. The molecule has 0 radical (unpaired) electrons. The van der Waals surface area contributed by atoms with E-state index < -0.39 is 5.78 Å². The number of Topliss-reactive ketones (excluding diaryl/α,β-unsaturated/α-hetero) is 1. The molecule has 6 heteroatoms. The van der Waals surface area contributed by atoms with Crippen LogP contribution in [0.4, 0.5) is 5.69 Å². The first kappa shape index (κ1) is 13.5. The normalized spacial score (nSPS) is 10.3. The van der Waals surface area contributed by atoms with Gasteiger partial charge in [0, 0.05) is 19.7 Å². The largest absolute Gasteiger partial charge is 0.369 e. The van der Waals surface area contributed by atoms with Gasteiger partial charge in [-0.25, -0.2) is 4.99 Å². The number of halogens is 2. The number of benzene rings is 1. The number of hydrogen-bond donors (Lipinski definition) is 0. The number of ketones is 1. The minimum Gasteiger partial charge on any atom is -0.369 e. The van der Waals surface area contributed by atoms with Crippen LogP contribution in [0, 0.1) is 11.3 Å². The summed E-state index contributed by atoms with van der Waals surface area (Å²) in [6.45, 7) is 0. The SMILES string of the molecule is CN(C)C=Nc1c(Cl)cc(C(=O)C#N)cc1Cl. The molecule has 0 aliphatic rings. The van der Waals surface area contributed by atoms with Crippen LogP contribution >= 0.6 is 23.2 Å². The summed E-state index contributed by atoms with van der Waals surface area (Å²) < 4.78 is 0. The van der Waals surface area contributed by atoms with E-state index in [1.807, 2.05) is 0 Å². The zero-order valence-electron chi connectivity index (χ0n) is 9.24. The van der Waals surface area contributed by atoms with E-state index in [2.05, 4.69) is 4.99 Å². The zero-order valence-corrected chi connectivity index (χ0v) is 10.7. The third kappa shape index (κ3) is 3.45. The fourth-order valence-corrected chi connectivity index (χ4v) is 1.64. The van der Waals surface area contributed by atoms with Crippen molar-refractivity contribution in [3.05, 3.63) is 27.7 Å². The van der Waals surface area contributed by atoms with Gasteiger partial charge in [-0.3, -0.25) is 4.79 Å². The summed E-state index contributed by atoms with van der Waals surface area (Å²) in [5.41, 5.74) is 0.530. The van der Waals surface area contributed by atoms with Gasteiger partial charge in [0.25, 0.3) is 5.78 Å². The summed E-state index contributed by atoms with van der Waals surface area (Å²) in [5.74, 6) is -0.683. The highest BCUT2D eigenvalue weighted by Gasteiger charge is 2.11. The quantitative estimate of drug-likeness (QED) is 0.367. The van der Waals surface area contributed by atoms with Crippen LogP contribution in [0.15, 0.2) is 17.1 Å². The highest BCUT2D eigenvalue weighted by atomic mass is 35.5. The van der Waals surface area contributed by atoms with Gasteiger partial charge in [0.2, 0.25) is 0 Å². The van der Waals surface area contributed by atoms with Gasteiger partial charge in [0.05, 0.1) is 16.4 Å². The molecule has 0 spiro atoms. The van der Waals surface area contributed by atoms with Crippen molar-refractivity contribution in [3.8, 4) is 6.07 Å². The molecule has 1 aromatic rings. The Balaban J connectivity index is 3.21. The summed E-state index contributed by atoms with van der Waals surface area (Å²) in [4.78, 5) is 17.0. The molecular formula is C11H9Cl2N3O. The standard InChI is InChI=1S/C11H9Cl2N3O/c1-16(2)6-15-11-8(12)3-7(4-9(11)13)10(17)5-14/h3-4,6H,1-2H3. The first-order valence-corrected chi connectivity index (χ1v) is 5.35. The highest BCUT2D eigenvalue weighted by Crippen LogP contribution is 2.34. The van der Waals surface area contributed by atoms with Crippen LogP contribution in [0.2, 0.25) is 10.0 Å². The van der Waals surface area contributed by atoms with Crippen molar-refractivity contribution >= 4 is 41.0 Å². The Hall–Kier alpha value is -1.57. The third-order valence-electron chi connectivity index (χ3n) is 1.80. The van der Waals surface area contributed by atoms with Crippen molar-refractivity contribution < 1.29 is 4.79 Å². The van der Waals surface area contributed by atoms with E-state index in [4.69, 9.17) is 28.5 Å². The molecule has 4 nitrogen and oxygen atoms in total. The molecule has 88 valence electrons. The first-order chi connectivity index (χ1) is 7.95. The van der Waals surface area contributed by atoms with Crippen molar-refractivity contribution in [1.82, 2.24) is 4.90 Å². The Morgan fingerprint density at radius 3 is 2.35 bits per heavy atom. The average Bonchev–Trinajstić information content (AvgIpc) is 2.26. The van der Waals surface area contributed by atoms with Crippen LogP contribution in [-0.4, -0.2) is 31.1 Å². The Labute approximate surface area is 109 Å². The molecule has 0 fully saturated rings.